The number of carbonyl (C=O) groups excluding carboxylic acids is 1. The molecule has 0 radical (unpaired) electrons. The third-order valence-corrected chi connectivity index (χ3v) is 6.12. The Bertz CT molecular complexity index is 1560. The minimum Gasteiger partial charge on any atom is -0.462 e. The van der Waals surface area contributed by atoms with Gasteiger partial charge in [0.25, 0.3) is 0 Å². The molecular weight excluding hydrogens is 540 g/mol. The summed E-state index contributed by atoms with van der Waals surface area (Å²) in [5.74, 6) is -0.964. The Labute approximate surface area is 233 Å². The summed E-state index contributed by atoms with van der Waals surface area (Å²) in [6.45, 7) is 2.76. The molecule has 12 heteroatoms. The number of carbonyl (C=O) groups is 1. The molecule has 2 aromatic carbocycles. The molecule has 0 saturated carbocycles. The standard InChI is InChI=1S/C29H28F4N6O2/c1-18-23(17-36-28(37-18)41-14-13-35-12-6-9-25(40)34-2)26(20-10-11-24-21(15-20)27(30)39-38-24)22(16-29(31,32)33)19-7-4-3-5-8-19/h3-11,15,17,35H,12-14,16H2,1-2H3,(H,34,40)(H,38,39)/b9-6+,26-22-. The summed E-state index contributed by atoms with van der Waals surface area (Å²) in [5, 5.41) is 11.8. The van der Waals surface area contributed by atoms with E-state index in [0.717, 1.165) is 0 Å². The maximum absolute atomic E-state index is 14.4. The van der Waals surface area contributed by atoms with Gasteiger partial charge < -0.3 is 15.4 Å². The molecule has 41 heavy (non-hydrogen) atoms. The monoisotopic (exact) mass is 568 g/mol. The van der Waals surface area contributed by atoms with Crippen molar-refractivity contribution >= 4 is 28.0 Å². The normalized spacial score (nSPS) is 12.5. The number of H-pyrrole nitrogens is 1. The SMILES string of the molecule is CNC(=O)/C=C/CNCCOc1ncc(/C(=C(/CC(F)(F)F)c2ccccc2)c2ccc3[nH]nc(F)c3c2)c(C)n1. The number of nitrogens with zero attached hydrogens (tertiary/aromatic N) is 3. The van der Waals surface area contributed by atoms with E-state index in [2.05, 4.69) is 30.8 Å². The topological polar surface area (TPSA) is 105 Å². The molecule has 2 heterocycles. The summed E-state index contributed by atoms with van der Waals surface area (Å²) >= 11 is 0. The molecule has 0 aliphatic heterocycles. The Morgan fingerprint density at radius 3 is 2.61 bits per heavy atom. The van der Waals surface area contributed by atoms with E-state index in [1.54, 1.807) is 55.5 Å². The van der Waals surface area contributed by atoms with Crippen LogP contribution in [0.2, 0.25) is 0 Å². The summed E-state index contributed by atoms with van der Waals surface area (Å²) in [4.78, 5) is 19.8. The van der Waals surface area contributed by atoms with E-state index < -0.39 is 18.5 Å². The highest BCUT2D eigenvalue weighted by molar-refractivity contribution is 6.01. The van der Waals surface area contributed by atoms with Crippen molar-refractivity contribution in [3.05, 3.63) is 95.2 Å². The van der Waals surface area contributed by atoms with Crippen molar-refractivity contribution in [1.82, 2.24) is 30.8 Å². The first-order valence-electron chi connectivity index (χ1n) is 12.7. The number of amides is 1. The van der Waals surface area contributed by atoms with Crippen molar-refractivity contribution in [1.29, 1.82) is 0 Å². The Kier molecular flexibility index (Phi) is 9.45. The smallest absolute Gasteiger partial charge is 0.393 e. The maximum atomic E-state index is 14.4. The number of aromatic amines is 1. The Hall–Kier alpha value is -4.58. The van der Waals surface area contributed by atoms with Crippen molar-refractivity contribution in [2.75, 3.05) is 26.7 Å². The molecule has 3 N–H and O–H groups in total. The van der Waals surface area contributed by atoms with Gasteiger partial charge in [-0.3, -0.25) is 9.89 Å². The van der Waals surface area contributed by atoms with Gasteiger partial charge in [-0.2, -0.15) is 22.5 Å². The van der Waals surface area contributed by atoms with Crippen LogP contribution in [0, 0.1) is 12.9 Å². The van der Waals surface area contributed by atoms with Crippen LogP contribution in [-0.4, -0.2) is 59.0 Å². The summed E-state index contributed by atoms with van der Waals surface area (Å²) in [5.41, 5.74) is 2.09. The van der Waals surface area contributed by atoms with Gasteiger partial charge in [0.05, 0.1) is 23.0 Å². The molecule has 1 amide bonds. The van der Waals surface area contributed by atoms with Crippen LogP contribution >= 0.6 is 0 Å². The maximum Gasteiger partial charge on any atom is 0.393 e. The van der Waals surface area contributed by atoms with Gasteiger partial charge in [-0.05, 0) is 41.3 Å². The average Bonchev–Trinajstić information content (AvgIpc) is 3.32. The van der Waals surface area contributed by atoms with Crippen LogP contribution < -0.4 is 15.4 Å². The van der Waals surface area contributed by atoms with Crippen LogP contribution in [0.4, 0.5) is 17.6 Å². The van der Waals surface area contributed by atoms with Gasteiger partial charge in [0.15, 0.2) is 0 Å². The molecule has 4 aromatic rings. The van der Waals surface area contributed by atoms with Crippen LogP contribution in [-0.2, 0) is 4.79 Å². The van der Waals surface area contributed by atoms with Crippen LogP contribution in [0.1, 0.15) is 28.8 Å². The highest BCUT2D eigenvalue weighted by atomic mass is 19.4. The van der Waals surface area contributed by atoms with Crippen LogP contribution in [0.25, 0.3) is 22.0 Å². The summed E-state index contributed by atoms with van der Waals surface area (Å²) < 4.78 is 61.8. The molecular formula is C29H28F4N6O2. The first kappa shape index (κ1) is 29.4. The zero-order valence-electron chi connectivity index (χ0n) is 22.3. The number of nitrogens with one attached hydrogen (secondary N) is 3. The number of fused-ring (bicyclic) bond motifs is 1. The Morgan fingerprint density at radius 1 is 1.12 bits per heavy atom. The molecule has 4 rings (SSSR count). The molecule has 2 aromatic heterocycles. The number of hydrogen-bond acceptors (Lipinski definition) is 6. The van der Waals surface area contributed by atoms with Crippen LogP contribution in [0.3, 0.4) is 0 Å². The number of rotatable bonds is 11. The Morgan fingerprint density at radius 2 is 1.90 bits per heavy atom. The lowest BCUT2D eigenvalue weighted by Crippen LogP contribution is -2.22. The van der Waals surface area contributed by atoms with E-state index in [0.29, 0.717) is 41.0 Å². The van der Waals surface area contributed by atoms with Crippen molar-refractivity contribution in [2.45, 2.75) is 19.5 Å². The molecule has 0 fully saturated rings. The zero-order chi connectivity index (χ0) is 29.4. The lowest BCUT2D eigenvalue weighted by Gasteiger charge is -2.20. The largest absolute Gasteiger partial charge is 0.462 e. The fourth-order valence-electron chi connectivity index (χ4n) is 4.21. The summed E-state index contributed by atoms with van der Waals surface area (Å²) in [7, 11) is 1.54. The third-order valence-electron chi connectivity index (χ3n) is 6.12. The van der Waals surface area contributed by atoms with E-state index in [-0.39, 0.29) is 35.1 Å². The number of allylic oxidation sites excluding steroid dienone is 1. The number of hydrogen-bond donors (Lipinski definition) is 3. The fourth-order valence-corrected chi connectivity index (χ4v) is 4.21. The number of aryl methyl sites for hydroxylation is 1. The van der Waals surface area contributed by atoms with E-state index in [1.807, 2.05) is 0 Å². The van der Waals surface area contributed by atoms with Gasteiger partial charge >= 0.3 is 12.2 Å². The summed E-state index contributed by atoms with van der Waals surface area (Å²) in [6.07, 6.45) is -1.26. The van der Waals surface area contributed by atoms with Gasteiger partial charge in [0.2, 0.25) is 11.9 Å². The van der Waals surface area contributed by atoms with Crippen LogP contribution in [0.5, 0.6) is 6.01 Å². The van der Waals surface area contributed by atoms with Crippen molar-refractivity contribution in [3.8, 4) is 6.01 Å². The molecule has 0 atom stereocenters. The number of ether oxygens (including phenoxy) is 1. The van der Waals surface area contributed by atoms with E-state index in [1.165, 1.54) is 25.4 Å². The van der Waals surface area contributed by atoms with E-state index in [4.69, 9.17) is 4.74 Å². The summed E-state index contributed by atoms with van der Waals surface area (Å²) in [6, 6.07) is 12.9. The van der Waals surface area contributed by atoms with Gasteiger partial charge in [-0.1, -0.05) is 42.5 Å². The second-order valence-corrected chi connectivity index (χ2v) is 9.01. The van der Waals surface area contributed by atoms with Crippen molar-refractivity contribution in [3.63, 3.8) is 0 Å². The highest BCUT2D eigenvalue weighted by Gasteiger charge is 2.32. The number of halogens is 4. The minimum atomic E-state index is -4.53. The van der Waals surface area contributed by atoms with E-state index >= 15 is 0 Å². The average molecular weight is 569 g/mol. The van der Waals surface area contributed by atoms with Gasteiger partial charge in [0.1, 0.15) is 6.61 Å². The predicted molar refractivity (Wildman–Crippen MR) is 147 cm³/mol. The number of benzene rings is 2. The molecule has 0 bridgehead atoms. The third kappa shape index (κ3) is 7.76. The minimum absolute atomic E-state index is 0.00395. The lowest BCUT2D eigenvalue weighted by molar-refractivity contribution is -0.123. The highest BCUT2D eigenvalue weighted by Crippen LogP contribution is 2.40. The van der Waals surface area contributed by atoms with E-state index in [9.17, 15) is 22.4 Å². The number of aromatic nitrogens is 4. The quantitative estimate of drug-likeness (QED) is 0.102. The number of alkyl halides is 3. The van der Waals surface area contributed by atoms with Gasteiger partial charge in [-0.15, -0.1) is 5.10 Å². The first-order valence-corrected chi connectivity index (χ1v) is 12.7. The molecule has 0 spiro atoms. The molecule has 0 saturated heterocycles. The zero-order valence-corrected chi connectivity index (χ0v) is 22.3. The van der Waals surface area contributed by atoms with Gasteiger partial charge in [-0.25, -0.2) is 4.98 Å². The Balaban J connectivity index is 1.69. The first-order chi connectivity index (χ1) is 19.7. The molecule has 0 aliphatic rings. The molecule has 214 valence electrons. The van der Waals surface area contributed by atoms with Crippen LogP contribution in [0.15, 0.2) is 66.9 Å². The molecule has 0 aliphatic carbocycles. The van der Waals surface area contributed by atoms with Crippen molar-refractivity contribution in [2.24, 2.45) is 0 Å². The second-order valence-electron chi connectivity index (χ2n) is 9.01. The predicted octanol–water partition coefficient (Wildman–Crippen LogP) is 4.98. The van der Waals surface area contributed by atoms with Gasteiger partial charge in [0, 0.05) is 38.0 Å². The van der Waals surface area contributed by atoms with Crippen molar-refractivity contribution < 1.29 is 27.1 Å². The lowest BCUT2D eigenvalue weighted by atomic mass is 9.87. The molecule has 8 nitrogen and oxygen atoms in total. The molecule has 0 unspecified atom stereocenters. The fraction of sp³-hybridized carbons (Fsp3) is 0.241. The number of likely N-dealkylation sites (N-methyl/N-ethyl adjacent to an activating group) is 1. The second kappa shape index (κ2) is 13.2.